The Kier molecular flexibility index (Phi) is 21.8. The molecule has 0 spiro atoms. The molecule has 0 aromatic carbocycles. The van der Waals surface area contributed by atoms with Crippen molar-refractivity contribution in [3.8, 4) is 0 Å². The van der Waals surface area contributed by atoms with Crippen LogP contribution in [-0.2, 0) is 23.9 Å². The molecule has 3 rings (SSSR count). The summed E-state index contributed by atoms with van der Waals surface area (Å²) in [6.07, 6.45) is 5.71. The van der Waals surface area contributed by atoms with Gasteiger partial charge in [-0.1, -0.05) is 33.7 Å². The number of ether oxygens (including phenoxy) is 1. The van der Waals surface area contributed by atoms with E-state index in [0.717, 1.165) is 28.6 Å². The van der Waals surface area contributed by atoms with E-state index in [0.29, 0.717) is 35.6 Å². The van der Waals surface area contributed by atoms with Crippen molar-refractivity contribution in [1.29, 1.82) is 0 Å². The number of hydrogen-bond acceptors (Lipinski definition) is 14. The van der Waals surface area contributed by atoms with Crippen LogP contribution in [0.2, 0.25) is 0 Å². The Morgan fingerprint density at radius 2 is 1.28 bits per heavy atom. The second kappa shape index (κ2) is 25.1. The first kappa shape index (κ1) is 49.6. The zero-order valence-electron chi connectivity index (χ0n) is 34.4. The molecule has 2 aromatic rings. The molecule has 1 saturated carbocycles. The molecule has 0 aliphatic heterocycles. The molecule has 4 atom stereocenters. The van der Waals surface area contributed by atoms with Gasteiger partial charge in [0.15, 0.2) is 0 Å². The van der Waals surface area contributed by atoms with Gasteiger partial charge in [0.1, 0.15) is 16.1 Å². The summed E-state index contributed by atoms with van der Waals surface area (Å²) in [5.74, 6) is 1.78. The number of carbonyl (C=O) groups is 4. The van der Waals surface area contributed by atoms with Gasteiger partial charge < -0.3 is 31.3 Å². The minimum atomic E-state index is -0.959. The van der Waals surface area contributed by atoms with Crippen LogP contribution in [0.4, 0.5) is 0 Å². The van der Waals surface area contributed by atoms with Gasteiger partial charge in [-0.05, 0) is 107 Å². The molecule has 1 fully saturated rings. The number of pyridine rings is 2. The average Bonchev–Trinajstić information content (AvgIpc) is 3.15. The highest BCUT2D eigenvalue weighted by molar-refractivity contribution is 8.77. The van der Waals surface area contributed by atoms with Crippen LogP contribution in [0.1, 0.15) is 67.7 Å². The maximum absolute atomic E-state index is 13.7. The van der Waals surface area contributed by atoms with Crippen molar-refractivity contribution in [2.75, 3.05) is 49.8 Å². The van der Waals surface area contributed by atoms with Crippen molar-refractivity contribution in [3.05, 3.63) is 48.8 Å². The van der Waals surface area contributed by atoms with E-state index in [1.54, 1.807) is 100.0 Å². The van der Waals surface area contributed by atoms with Crippen LogP contribution in [0.5, 0.6) is 0 Å². The van der Waals surface area contributed by atoms with E-state index in [2.05, 4.69) is 57.3 Å². The summed E-state index contributed by atoms with van der Waals surface area (Å²) in [5.41, 5.74) is -1.97. The lowest BCUT2D eigenvalue weighted by Gasteiger charge is -2.38. The maximum Gasteiger partial charge on any atom is 0.243 e. The Hall–Kier alpha value is -1.80. The summed E-state index contributed by atoms with van der Waals surface area (Å²) in [6.45, 7) is 14.5. The van der Waals surface area contributed by atoms with Gasteiger partial charge in [0.25, 0.3) is 0 Å². The summed E-state index contributed by atoms with van der Waals surface area (Å²) in [6, 6.07) is 10.5. The fraction of sp³-hybridized carbons (Fsp3) is 0.641. The molecule has 5 N–H and O–H groups in total. The molecule has 4 unspecified atom stereocenters. The lowest BCUT2D eigenvalue weighted by Crippen LogP contribution is -2.54. The van der Waals surface area contributed by atoms with Crippen LogP contribution in [0.25, 0.3) is 0 Å². The van der Waals surface area contributed by atoms with Crippen LogP contribution in [-0.4, -0.2) is 117 Å². The third-order valence-corrected chi connectivity index (χ3v) is 16.2. The summed E-state index contributed by atoms with van der Waals surface area (Å²) in [4.78, 5) is 61.3. The molecule has 0 radical (unpaired) electrons. The first-order chi connectivity index (χ1) is 27.0. The van der Waals surface area contributed by atoms with E-state index in [-0.39, 0.29) is 53.5 Å². The van der Waals surface area contributed by atoms with Gasteiger partial charge in [0.2, 0.25) is 23.6 Å². The number of rotatable bonds is 26. The topological polar surface area (TPSA) is 163 Å². The monoisotopic (exact) mass is 899 g/mol. The maximum atomic E-state index is 13.7. The Bertz CT molecular complexity index is 1540. The van der Waals surface area contributed by atoms with E-state index in [1.165, 1.54) is 0 Å². The lowest BCUT2D eigenvalue weighted by atomic mass is 9.92. The minimum absolute atomic E-state index is 0.0101. The Labute approximate surface area is 364 Å². The fourth-order valence-electron chi connectivity index (χ4n) is 5.14. The molecule has 12 nitrogen and oxygen atoms in total. The largest absolute Gasteiger partial charge is 0.374 e. The molecular formula is C39H61N7O5S6. The number of thioether (sulfide) groups is 2. The molecule has 57 heavy (non-hydrogen) atoms. The van der Waals surface area contributed by atoms with Gasteiger partial charge in [-0.3, -0.25) is 19.2 Å². The third-order valence-electron chi connectivity index (χ3n) is 8.49. The van der Waals surface area contributed by atoms with Crippen molar-refractivity contribution in [2.24, 2.45) is 5.41 Å². The van der Waals surface area contributed by atoms with Crippen LogP contribution in [0, 0.1) is 5.41 Å². The van der Waals surface area contributed by atoms with Crippen LogP contribution < -0.4 is 26.6 Å². The molecule has 318 valence electrons. The molecule has 2 heterocycles. The SMILES string of the molecule is CNC(=O)CC(C)(C)OCC(C)(C)C(=O)NC(CSC1CCC1SCC(NC(C)(C)C)C(=O)NCCSSc1ccccn1)C(=O)NCCSSc1ccccn1. The van der Waals surface area contributed by atoms with E-state index in [9.17, 15) is 19.2 Å². The fourth-order valence-corrected chi connectivity index (χ4v) is 11.8. The normalized spacial score (nSPS) is 16.8. The molecule has 1 aliphatic carbocycles. The molecular weight excluding hydrogens is 839 g/mol. The summed E-state index contributed by atoms with van der Waals surface area (Å²) < 4.78 is 6.06. The van der Waals surface area contributed by atoms with E-state index in [4.69, 9.17) is 4.74 Å². The highest BCUT2D eigenvalue weighted by atomic mass is 33.1. The summed E-state index contributed by atoms with van der Waals surface area (Å²) in [5, 5.41) is 17.8. The van der Waals surface area contributed by atoms with Gasteiger partial charge in [0, 0.05) is 71.6 Å². The Morgan fingerprint density at radius 1 is 0.772 bits per heavy atom. The lowest BCUT2D eigenvalue weighted by molar-refractivity contribution is -0.141. The first-order valence-corrected chi connectivity index (χ1v) is 25.8. The van der Waals surface area contributed by atoms with Gasteiger partial charge in [-0.2, -0.15) is 23.5 Å². The van der Waals surface area contributed by atoms with Crippen LogP contribution in [0.15, 0.2) is 58.8 Å². The Balaban J connectivity index is 1.55. The van der Waals surface area contributed by atoms with Gasteiger partial charge in [0.05, 0.1) is 30.1 Å². The molecule has 4 amide bonds. The van der Waals surface area contributed by atoms with E-state index >= 15 is 0 Å². The number of aromatic nitrogens is 2. The quantitative estimate of drug-likeness (QED) is 0.0545. The zero-order chi connectivity index (χ0) is 41.9. The number of nitrogens with zero attached hydrogens (tertiary/aromatic N) is 2. The predicted octanol–water partition coefficient (Wildman–Crippen LogP) is 6.09. The molecule has 0 bridgehead atoms. The van der Waals surface area contributed by atoms with Crippen molar-refractivity contribution < 1.29 is 23.9 Å². The van der Waals surface area contributed by atoms with Crippen LogP contribution >= 0.6 is 66.7 Å². The summed E-state index contributed by atoms with van der Waals surface area (Å²) >= 11 is 3.49. The number of amides is 4. The highest BCUT2D eigenvalue weighted by Crippen LogP contribution is 2.41. The summed E-state index contributed by atoms with van der Waals surface area (Å²) in [7, 11) is 8.00. The van der Waals surface area contributed by atoms with E-state index in [1.807, 2.05) is 50.2 Å². The molecule has 1 aliphatic rings. The smallest absolute Gasteiger partial charge is 0.243 e. The first-order valence-electron chi connectivity index (χ1n) is 19.1. The minimum Gasteiger partial charge on any atom is -0.374 e. The van der Waals surface area contributed by atoms with Crippen molar-refractivity contribution >= 4 is 90.3 Å². The second-order valence-electron chi connectivity index (χ2n) is 15.8. The highest BCUT2D eigenvalue weighted by Gasteiger charge is 2.37. The van der Waals surface area contributed by atoms with Gasteiger partial charge >= 0.3 is 0 Å². The zero-order valence-corrected chi connectivity index (χ0v) is 39.3. The second-order valence-corrected chi connectivity index (χ2v) is 23.2. The average molecular weight is 900 g/mol. The predicted molar refractivity (Wildman–Crippen MR) is 244 cm³/mol. The van der Waals surface area contributed by atoms with Gasteiger partial charge in [-0.25, -0.2) is 9.97 Å². The van der Waals surface area contributed by atoms with E-state index < -0.39 is 17.1 Å². The van der Waals surface area contributed by atoms with Crippen LogP contribution in [0.3, 0.4) is 0 Å². The van der Waals surface area contributed by atoms with Crippen molar-refractivity contribution in [3.63, 3.8) is 0 Å². The van der Waals surface area contributed by atoms with Crippen molar-refractivity contribution in [1.82, 2.24) is 36.6 Å². The molecule has 18 heteroatoms. The van der Waals surface area contributed by atoms with Gasteiger partial charge in [-0.15, -0.1) is 0 Å². The number of hydrogen-bond donors (Lipinski definition) is 5. The molecule has 0 saturated heterocycles. The Morgan fingerprint density at radius 3 is 1.74 bits per heavy atom. The third kappa shape index (κ3) is 19.9. The number of nitrogens with one attached hydrogen (secondary N) is 5. The number of carbonyl (C=O) groups excluding carboxylic acids is 4. The standard InChI is InChI=1S/C39H61N7O5S6/c1-37(2,3)46-28(35(49)44-20-22-55-57-33-14-10-12-18-42-33)25-53-30-16-15-29(30)52-24-27(34(48)43-19-21-54-56-32-13-9-11-17-41-32)45-36(50)38(4,5)26-51-39(6,7)23-31(47)40-8/h9-14,17-18,27-30,46H,15-16,19-26H2,1-8H3,(H,40,47)(H,43,48)(H,44,49)(H,45,50). The van der Waals surface area contributed by atoms with Crippen molar-refractivity contribution in [2.45, 2.75) is 112 Å². The molecule has 2 aromatic heterocycles.